The van der Waals surface area contributed by atoms with Crippen LogP contribution in [0.15, 0.2) is 24.3 Å². The summed E-state index contributed by atoms with van der Waals surface area (Å²) in [4.78, 5) is 11.6. The number of fused-ring (bicyclic) bond motifs is 1. The van der Waals surface area contributed by atoms with Crippen molar-refractivity contribution in [3.8, 4) is 5.75 Å². The standard InChI is InChI=1S/C12H16N2O2/c1-11(2)7-12(14,10(13)15)8-5-3-4-6-9(8)16-11/h3-6H,7,14H2,1-2H3,(H2,13,15). The molecular weight excluding hydrogens is 204 g/mol. The summed E-state index contributed by atoms with van der Waals surface area (Å²) < 4.78 is 5.78. The molecule has 16 heavy (non-hydrogen) atoms. The zero-order valence-electron chi connectivity index (χ0n) is 9.49. The monoisotopic (exact) mass is 220 g/mol. The van der Waals surface area contributed by atoms with Crippen LogP contribution >= 0.6 is 0 Å². The number of para-hydroxylation sites is 1. The highest BCUT2D eigenvalue weighted by Gasteiger charge is 2.46. The maximum atomic E-state index is 11.6. The van der Waals surface area contributed by atoms with Crippen molar-refractivity contribution in [1.29, 1.82) is 0 Å². The van der Waals surface area contributed by atoms with Crippen LogP contribution in [-0.4, -0.2) is 11.5 Å². The zero-order valence-corrected chi connectivity index (χ0v) is 9.49. The molecule has 4 N–H and O–H groups in total. The molecule has 1 heterocycles. The summed E-state index contributed by atoms with van der Waals surface area (Å²) in [7, 11) is 0. The highest BCUT2D eigenvalue weighted by Crippen LogP contribution is 2.41. The average Bonchev–Trinajstić information content (AvgIpc) is 2.15. The summed E-state index contributed by atoms with van der Waals surface area (Å²) in [6.45, 7) is 3.79. The van der Waals surface area contributed by atoms with Gasteiger partial charge in [-0.3, -0.25) is 4.79 Å². The van der Waals surface area contributed by atoms with Crippen LogP contribution in [0, 0.1) is 0 Å². The van der Waals surface area contributed by atoms with Gasteiger partial charge in [0.2, 0.25) is 5.91 Å². The minimum Gasteiger partial charge on any atom is -0.487 e. The van der Waals surface area contributed by atoms with Gasteiger partial charge >= 0.3 is 0 Å². The van der Waals surface area contributed by atoms with Crippen LogP contribution in [0.1, 0.15) is 25.8 Å². The lowest BCUT2D eigenvalue weighted by molar-refractivity contribution is -0.126. The van der Waals surface area contributed by atoms with Gasteiger partial charge in [-0.1, -0.05) is 18.2 Å². The summed E-state index contributed by atoms with van der Waals surface area (Å²) in [5.74, 6) is 0.122. The molecule has 1 atom stereocenters. The van der Waals surface area contributed by atoms with Crippen LogP contribution in [0.25, 0.3) is 0 Å². The van der Waals surface area contributed by atoms with Gasteiger partial charge in [-0.2, -0.15) is 0 Å². The van der Waals surface area contributed by atoms with Gasteiger partial charge in [-0.05, 0) is 19.9 Å². The van der Waals surface area contributed by atoms with Gasteiger partial charge in [0.1, 0.15) is 16.9 Å². The predicted molar refractivity (Wildman–Crippen MR) is 60.8 cm³/mol. The minimum absolute atomic E-state index is 0.381. The van der Waals surface area contributed by atoms with E-state index in [0.717, 1.165) is 0 Å². The number of ether oxygens (including phenoxy) is 1. The van der Waals surface area contributed by atoms with Gasteiger partial charge < -0.3 is 16.2 Å². The fraction of sp³-hybridized carbons (Fsp3) is 0.417. The van der Waals surface area contributed by atoms with E-state index in [1.807, 2.05) is 26.0 Å². The Kier molecular flexibility index (Phi) is 2.20. The van der Waals surface area contributed by atoms with Crippen molar-refractivity contribution in [1.82, 2.24) is 0 Å². The third kappa shape index (κ3) is 1.55. The SMILES string of the molecule is CC1(C)CC(N)(C(N)=O)c2ccccc2O1. The summed E-state index contributed by atoms with van der Waals surface area (Å²) in [6, 6.07) is 7.27. The van der Waals surface area contributed by atoms with Gasteiger partial charge in [-0.25, -0.2) is 0 Å². The summed E-state index contributed by atoms with van der Waals surface area (Å²) >= 11 is 0. The molecule has 0 bridgehead atoms. The molecule has 0 saturated carbocycles. The second kappa shape index (κ2) is 3.22. The molecule has 4 heteroatoms. The van der Waals surface area contributed by atoms with Gasteiger partial charge in [0.15, 0.2) is 0 Å². The molecule has 1 aliphatic rings. The first-order valence-corrected chi connectivity index (χ1v) is 5.22. The number of hydrogen-bond donors (Lipinski definition) is 2. The Morgan fingerprint density at radius 2 is 2.00 bits per heavy atom. The number of amides is 1. The Bertz CT molecular complexity index is 442. The molecular formula is C12H16N2O2. The Morgan fingerprint density at radius 3 is 2.62 bits per heavy atom. The summed E-state index contributed by atoms with van der Waals surface area (Å²) in [6.07, 6.45) is 0.381. The second-order valence-corrected chi connectivity index (χ2v) is 4.87. The van der Waals surface area contributed by atoms with Crippen molar-refractivity contribution in [3.63, 3.8) is 0 Å². The van der Waals surface area contributed by atoms with Crippen molar-refractivity contribution < 1.29 is 9.53 Å². The largest absolute Gasteiger partial charge is 0.487 e. The van der Waals surface area contributed by atoms with E-state index >= 15 is 0 Å². The summed E-state index contributed by atoms with van der Waals surface area (Å²) in [5.41, 5.74) is 10.6. The van der Waals surface area contributed by atoms with Gasteiger partial charge in [0.25, 0.3) is 0 Å². The first kappa shape index (κ1) is 11.0. The fourth-order valence-corrected chi connectivity index (χ4v) is 2.24. The number of rotatable bonds is 1. The third-order valence-corrected chi connectivity index (χ3v) is 2.90. The van der Waals surface area contributed by atoms with E-state index in [2.05, 4.69) is 0 Å². The predicted octanol–water partition coefficient (Wildman–Crippen LogP) is 0.887. The zero-order chi connectivity index (χ0) is 12.0. The number of hydrogen-bond acceptors (Lipinski definition) is 3. The molecule has 0 aromatic heterocycles. The van der Waals surface area contributed by atoms with E-state index < -0.39 is 17.0 Å². The fourth-order valence-electron chi connectivity index (χ4n) is 2.24. The van der Waals surface area contributed by atoms with Crippen molar-refractivity contribution in [2.24, 2.45) is 11.5 Å². The van der Waals surface area contributed by atoms with Crippen LogP contribution in [0.2, 0.25) is 0 Å². The molecule has 0 fully saturated rings. The normalized spacial score (nSPS) is 26.7. The van der Waals surface area contributed by atoms with Gasteiger partial charge in [0.05, 0.1) is 0 Å². The lowest BCUT2D eigenvalue weighted by atomic mass is 9.78. The Hall–Kier alpha value is -1.55. The van der Waals surface area contributed by atoms with Gasteiger partial charge in [0, 0.05) is 12.0 Å². The van der Waals surface area contributed by atoms with E-state index in [1.54, 1.807) is 12.1 Å². The van der Waals surface area contributed by atoms with Crippen molar-refractivity contribution in [2.75, 3.05) is 0 Å². The molecule has 1 aromatic carbocycles. The van der Waals surface area contributed by atoms with Crippen LogP contribution < -0.4 is 16.2 Å². The van der Waals surface area contributed by atoms with Crippen LogP contribution in [0.4, 0.5) is 0 Å². The van der Waals surface area contributed by atoms with E-state index in [-0.39, 0.29) is 0 Å². The number of benzene rings is 1. The number of carbonyl (C=O) groups is 1. The molecule has 0 saturated heterocycles. The lowest BCUT2D eigenvalue weighted by Gasteiger charge is -2.42. The van der Waals surface area contributed by atoms with Crippen molar-refractivity contribution in [3.05, 3.63) is 29.8 Å². The molecule has 1 aliphatic heterocycles. The lowest BCUT2D eigenvalue weighted by Crippen LogP contribution is -2.56. The van der Waals surface area contributed by atoms with Crippen molar-refractivity contribution >= 4 is 5.91 Å². The van der Waals surface area contributed by atoms with E-state index in [4.69, 9.17) is 16.2 Å². The molecule has 4 nitrogen and oxygen atoms in total. The average molecular weight is 220 g/mol. The molecule has 1 unspecified atom stereocenters. The molecule has 1 amide bonds. The molecule has 0 spiro atoms. The highest BCUT2D eigenvalue weighted by molar-refractivity contribution is 5.87. The third-order valence-electron chi connectivity index (χ3n) is 2.90. The van der Waals surface area contributed by atoms with Crippen molar-refractivity contribution in [2.45, 2.75) is 31.4 Å². The molecule has 86 valence electrons. The molecule has 0 aliphatic carbocycles. The van der Waals surface area contributed by atoms with Crippen LogP contribution in [0.3, 0.4) is 0 Å². The van der Waals surface area contributed by atoms with E-state index in [1.165, 1.54) is 0 Å². The Labute approximate surface area is 94.6 Å². The topological polar surface area (TPSA) is 78.3 Å². The smallest absolute Gasteiger partial charge is 0.242 e. The van der Waals surface area contributed by atoms with Crippen LogP contribution in [-0.2, 0) is 10.3 Å². The molecule has 1 aromatic rings. The van der Waals surface area contributed by atoms with Crippen LogP contribution in [0.5, 0.6) is 5.75 Å². The quantitative estimate of drug-likeness (QED) is 0.737. The Morgan fingerprint density at radius 1 is 1.38 bits per heavy atom. The summed E-state index contributed by atoms with van der Waals surface area (Å²) in [5, 5.41) is 0. The minimum atomic E-state index is -1.14. The first-order chi connectivity index (χ1) is 7.35. The number of nitrogens with two attached hydrogens (primary N) is 2. The van der Waals surface area contributed by atoms with E-state index in [9.17, 15) is 4.79 Å². The number of carbonyl (C=O) groups excluding carboxylic acids is 1. The first-order valence-electron chi connectivity index (χ1n) is 5.22. The molecule has 2 rings (SSSR count). The maximum Gasteiger partial charge on any atom is 0.242 e. The van der Waals surface area contributed by atoms with Gasteiger partial charge in [-0.15, -0.1) is 0 Å². The molecule has 0 radical (unpaired) electrons. The highest BCUT2D eigenvalue weighted by atomic mass is 16.5. The Balaban J connectivity index is 2.60. The van der Waals surface area contributed by atoms with E-state index in [0.29, 0.717) is 17.7 Å². The number of primary amides is 1. The maximum absolute atomic E-state index is 11.6. The second-order valence-electron chi connectivity index (χ2n) is 4.87.